The second-order valence-corrected chi connectivity index (χ2v) is 6.50. The Morgan fingerprint density at radius 2 is 1.90 bits per heavy atom. The first-order valence-electron chi connectivity index (χ1n) is 7.09. The van der Waals surface area contributed by atoms with Gasteiger partial charge < -0.3 is 20.3 Å². The van der Waals surface area contributed by atoms with Crippen LogP contribution in [-0.4, -0.2) is 55.7 Å². The van der Waals surface area contributed by atoms with E-state index in [9.17, 15) is 9.59 Å². The number of amides is 2. The molecule has 6 nitrogen and oxygen atoms in total. The van der Waals surface area contributed by atoms with E-state index in [-0.39, 0.29) is 11.9 Å². The number of nitrogens with one attached hydrogen (secondary N) is 2. The summed E-state index contributed by atoms with van der Waals surface area (Å²) in [6, 6.07) is 0.131. The van der Waals surface area contributed by atoms with Crippen LogP contribution in [0.2, 0.25) is 0 Å². The van der Waals surface area contributed by atoms with Gasteiger partial charge in [0.15, 0.2) is 0 Å². The van der Waals surface area contributed by atoms with E-state index in [1.165, 1.54) is 0 Å². The van der Waals surface area contributed by atoms with Crippen LogP contribution < -0.4 is 10.6 Å². The molecule has 1 rings (SSSR count). The zero-order valence-corrected chi connectivity index (χ0v) is 13.2. The molecule has 0 heterocycles. The van der Waals surface area contributed by atoms with E-state index in [1.807, 2.05) is 20.8 Å². The molecule has 6 heteroatoms. The summed E-state index contributed by atoms with van der Waals surface area (Å²) in [4.78, 5) is 24.7. The smallest absolute Gasteiger partial charge is 0.407 e. The normalized spacial score (nSPS) is 16.4. The van der Waals surface area contributed by atoms with Gasteiger partial charge in [0.1, 0.15) is 5.60 Å². The number of alkyl carbamates (subject to hydrolysis) is 1. The molecule has 2 N–H and O–H groups in total. The Morgan fingerprint density at radius 3 is 2.35 bits per heavy atom. The Bertz CT molecular complexity index is 346. The second-order valence-electron chi connectivity index (χ2n) is 6.50. The van der Waals surface area contributed by atoms with Crippen molar-refractivity contribution >= 4 is 12.0 Å². The minimum Gasteiger partial charge on any atom is -0.444 e. The average Bonchev–Trinajstić information content (AvgIpc) is 3.10. The molecular weight excluding hydrogens is 258 g/mol. The molecule has 0 bridgehead atoms. The number of hydrogen-bond donors (Lipinski definition) is 2. The van der Waals surface area contributed by atoms with Crippen molar-refractivity contribution in [1.82, 2.24) is 15.5 Å². The lowest BCUT2D eigenvalue weighted by molar-refractivity contribution is -0.127. The van der Waals surface area contributed by atoms with Crippen molar-refractivity contribution in [2.24, 2.45) is 5.92 Å². The van der Waals surface area contributed by atoms with Crippen LogP contribution >= 0.6 is 0 Å². The molecule has 2 amide bonds. The van der Waals surface area contributed by atoms with Crippen LogP contribution in [0.5, 0.6) is 0 Å². The Morgan fingerprint density at radius 1 is 1.30 bits per heavy atom. The molecule has 1 aliphatic carbocycles. The van der Waals surface area contributed by atoms with Crippen LogP contribution in [0.15, 0.2) is 0 Å². The Kier molecular flexibility index (Phi) is 5.80. The topological polar surface area (TPSA) is 70.7 Å². The summed E-state index contributed by atoms with van der Waals surface area (Å²) in [5, 5.41) is 5.98. The van der Waals surface area contributed by atoms with Gasteiger partial charge in [-0.2, -0.15) is 0 Å². The number of carbonyl (C=O) groups is 2. The number of hydrogen-bond acceptors (Lipinski definition) is 4. The van der Waals surface area contributed by atoms with Gasteiger partial charge in [0.2, 0.25) is 5.91 Å². The summed E-state index contributed by atoms with van der Waals surface area (Å²) in [5.41, 5.74) is -0.493. The van der Waals surface area contributed by atoms with Crippen molar-refractivity contribution in [2.45, 2.75) is 45.3 Å². The molecule has 0 aliphatic heterocycles. The predicted molar refractivity (Wildman–Crippen MR) is 77.4 cm³/mol. The van der Waals surface area contributed by atoms with E-state index in [2.05, 4.69) is 10.6 Å². The molecule has 0 radical (unpaired) electrons. The molecular formula is C14H27N3O3. The van der Waals surface area contributed by atoms with Gasteiger partial charge in [0.25, 0.3) is 0 Å². The van der Waals surface area contributed by atoms with E-state index in [0.29, 0.717) is 19.0 Å². The molecule has 20 heavy (non-hydrogen) atoms. The zero-order chi connectivity index (χ0) is 15.3. The first-order valence-corrected chi connectivity index (χ1v) is 7.09. The van der Waals surface area contributed by atoms with Crippen molar-refractivity contribution in [3.05, 3.63) is 0 Å². The highest BCUT2D eigenvalue weighted by Crippen LogP contribution is 2.32. The van der Waals surface area contributed by atoms with Crippen LogP contribution in [-0.2, 0) is 9.53 Å². The maximum atomic E-state index is 11.6. The van der Waals surface area contributed by atoms with Crippen LogP contribution in [0.3, 0.4) is 0 Å². The fourth-order valence-electron chi connectivity index (χ4n) is 1.79. The average molecular weight is 285 g/mol. The Hall–Kier alpha value is -1.30. The SMILES string of the molecule is CN(C)C(=O)CNC(CNC(=O)OC(C)(C)C)C1CC1. The lowest BCUT2D eigenvalue weighted by Gasteiger charge is -2.23. The van der Waals surface area contributed by atoms with Crippen molar-refractivity contribution < 1.29 is 14.3 Å². The van der Waals surface area contributed by atoms with Gasteiger partial charge in [0, 0.05) is 26.7 Å². The van der Waals surface area contributed by atoms with Gasteiger partial charge >= 0.3 is 6.09 Å². The van der Waals surface area contributed by atoms with Gasteiger partial charge in [-0.15, -0.1) is 0 Å². The van der Waals surface area contributed by atoms with E-state index in [4.69, 9.17) is 4.74 Å². The van der Waals surface area contributed by atoms with E-state index < -0.39 is 11.7 Å². The van der Waals surface area contributed by atoms with Gasteiger partial charge in [-0.05, 0) is 39.5 Å². The lowest BCUT2D eigenvalue weighted by atomic mass is 10.2. The lowest BCUT2D eigenvalue weighted by Crippen LogP contribution is -2.46. The summed E-state index contributed by atoms with van der Waals surface area (Å²) >= 11 is 0. The molecule has 1 fully saturated rings. The number of nitrogens with zero attached hydrogens (tertiary/aromatic N) is 1. The molecule has 1 unspecified atom stereocenters. The largest absolute Gasteiger partial charge is 0.444 e. The predicted octanol–water partition coefficient (Wildman–Crippen LogP) is 0.968. The van der Waals surface area contributed by atoms with Crippen molar-refractivity contribution in [3.63, 3.8) is 0 Å². The standard InChI is InChI=1S/C14H27N3O3/c1-14(2,3)20-13(19)16-8-11(10-6-7-10)15-9-12(18)17(4)5/h10-11,15H,6-9H2,1-5H3,(H,16,19). The summed E-state index contributed by atoms with van der Waals surface area (Å²) < 4.78 is 5.20. The fourth-order valence-corrected chi connectivity index (χ4v) is 1.79. The van der Waals surface area contributed by atoms with Crippen LogP contribution in [0.25, 0.3) is 0 Å². The third-order valence-corrected chi connectivity index (χ3v) is 3.07. The molecule has 0 spiro atoms. The highest BCUT2D eigenvalue weighted by Gasteiger charge is 2.31. The number of likely N-dealkylation sites (N-methyl/N-ethyl adjacent to an activating group) is 1. The summed E-state index contributed by atoms with van der Waals surface area (Å²) in [6.45, 7) is 6.28. The molecule has 0 aromatic carbocycles. The number of rotatable bonds is 6. The van der Waals surface area contributed by atoms with Gasteiger partial charge in [-0.25, -0.2) is 4.79 Å². The van der Waals surface area contributed by atoms with Gasteiger partial charge in [-0.1, -0.05) is 0 Å². The second kappa shape index (κ2) is 6.92. The van der Waals surface area contributed by atoms with Gasteiger partial charge in [0.05, 0.1) is 6.54 Å². The fraction of sp³-hybridized carbons (Fsp3) is 0.857. The monoisotopic (exact) mass is 285 g/mol. The van der Waals surface area contributed by atoms with Crippen molar-refractivity contribution in [2.75, 3.05) is 27.2 Å². The molecule has 1 aliphatic rings. The van der Waals surface area contributed by atoms with Crippen LogP contribution in [0.4, 0.5) is 4.79 Å². The highest BCUT2D eigenvalue weighted by molar-refractivity contribution is 5.77. The molecule has 0 saturated heterocycles. The molecule has 0 aromatic heterocycles. The van der Waals surface area contributed by atoms with E-state index in [1.54, 1.807) is 19.0 Å². The molecule has 1 saturated carbocycles. The Labute approximate surface area is 121 Å². The van der Waals surface area contributed by atoms with Crippen LogP contribution in [0, 0.1) is 5.92 Å². The maximum Gasteiger partial charge on any atom is 0.407 e. The summed E-state index contributed by atoms with van der Waals surface area (Å²) in [6.07, 6.45) is 1.87. The number of ether oxygens (including phenoxy) is 1. The molecule has 116 valence electrons. The van der Waals surface area contributed by atoms with Crippen LogP contribution in [0.1, 0.15) is 33.6 Å². The third-order valence-electron chi connectivity index (χ3n) is 3.07. The minimum atomic E-state index is -0.493. The first-order chi connectivity index (χ1) is 9.19. The quantitative estimate of drug-likeness (QED) is 0.763. The van der Waals surface area contributed by atoms with E-state index in [0.717, 1.165) is 12.8 Å². The highest BCUT2D eigenvalue weighted by atomic mass is 16.6. The van der Waals surface area contributed by atoms with Crippen molar-refractivity contribution in [1.29, 1.82) is 0 Å². The molecule has 0 aromatic rings. The maximum absolute atomic E-state index is 11.6. The third kappa shape index (κ3) is 6.75. The number of carbonyl (C=O) groups excluding carboxylic acids is 2. The zero-order valence-electron chi connectivity index (χ0n) is 13.2. The Balaban J connectivity index is 2.33. The van der Waals surface area contributed by atoms with Gasteiger partial charge in [-0.3, -0.25) is 4.79 Å². The minimum absolute atomic E-state index is 0.0351. The molecule has 1 atom stereocenters. The first kappa shape index (κ1) is 16.8. The summed E-state index contributed by atoms with van der Waals surface area (Å²) in [5.74, 6) is 0.577. The van der Waals surface area contributed by atoms with Crippen molar-refractivity contribution in [3.8, 4) is 0 Å². The van der Waals surface area contributed by atoms with E-state index >= 15 is 0 Å². The summed E-state index contributed by atoms with van der Waals surface area (Å²) in [7, 11) is 3.46.